The van der Waals surface area contributed by atoms with Crippen molar-refractivity contribution in [3.8, 4) is 0 Å². The normalized spacial score (nSPS) is 15.0. The molecule has 0 aromatic heterocycles. The van der Waals surface area contributed by atoms with Crippen molar-refractivity contribution in [2.45, 2.75) is 123 Å². The Hall–Kier alpha value is 0.300. The molecule has 0 amide bonds. The molecule has 0 aromatic carbocycles. The Morgan fingerprint density at radius 2 is 0.821 bits per heavy atom. The molecule has 1 atom stereocenters. The Labute approximate surface area is 174 Å². The van der Waals surface area contributed by atoms with Gasteiger partial charge in [-0.1, -0.05) is 83.1 Å². The molecule has 0 bridgehead atoms. The van der Waals surface area contributed by atoms with Gasteiger partial charge in [0.1, 0.15) is 0 Å². The Balaban J connectivity index is -0.000000351. The average Bonchev–Trinajstić information content (AvgIpc) is 2.34. The van der Waals surface area contributed by atoms with Gasteiger partial charge >= 0.3 is 0 Å². The van der Waals surface area contributed by atoms with E-state index in [2.05, 4.69) is 0 Å². The third-order valence-electron chi connectivity index (χ3n) is 4.18. The van der Waals surface area contributed by atoms with Crippen LogP contribution < -0.4 is 0 Å². The minimum absolute atomic E-state index is 0.0810. The second-order valence-electron chi connectivity index (χ2n) is 11.2. The van der Waals surface area contributed by atoms with Gasteiger partial charge in [0.2, 0.25) is 14.7 Å². The Kier molecular flexibility index (Phi) is 13.0. The lowest BCUT2D eigenvalue weighted by atomic mass is 10.2. The molecular weight excluding hydrogens is 398 g/mol. The van der Waals surface area contributed by atoms with Crippen LogP contribution in [-0.2, 0) is 9.13 Å². The summed E-state index contributed by atoms with van der Waals surface area (Å²) < 4.78 is 23.6. The fraction of sp³-hybridized carbons (Fsp3) is 1.00. The van der Waals surface area contributed by atoms with E-state index in [0.717, 1.165) is 0 Å². The standard InChI is InChI=1S/2C8H19O2P.C4H10O2/c2*1-7(2,3)11(9,10)8(4,5)6;1-4(6)2-3-5/h2*1-6H3,(H,9,10);4-6H,2-3H2,1H3. The summed E-state index contributed by atoms with van der Waals surface area (Å²) in [4.78, 5) is 19.5. The van der Waals surface area contributed by atoms with Crippen molar-refractivity contribution in [3.05, 3.63) is 0 Å². The highest BCUT2D eigenvalue weighted by molar-refractivity contribution is 7.61. The molecule has 4 N–H and O–H groups in total. The van der Waals surface area contributed by atoms with E-state index in [1.807, 2.05) is 0 Å². The SMILES string of the molecule is CC(C)(C)P(=O)(O)C(C)(C)C.CC(C)(C)P(=O)(O)C(C)(C)C.CC(O)CCO. The molecule has 0 aliphatic carbocycles. The molecule has 0 radical (unpaired) electrons. The van der Waals surface area contributed by atoms with Crippen LogP contribution in [0.5, 0.6) is 0 Å². The minimum atomic E-state index is -3.06. The first-order valence-corrected chi connectivity index (χ1v) is 13.0. The van der Waals surface area contributed by atoms with Crippen LogP contribution >= 0.6 is 14.7 Å². The molecule has 0 heterocycles. The van der Waals surface area contributed by atoms with Crippen LogP contribution in [0.3, 0.4) is 0 Å². The molecule has 1 unspecified atom stereocenters. The molecule has 28 heavy (non-hydrogen) atoms. The van der Waals surface area contributed by atoms with E-state index in [9.17, 15) is 18.9 Å². The van der Waals surface area contributed by atoms with Gasteiger partial charge in [-0.3, -0.25) is 9.13 Å². The van der Waals surface area contributed by atoms with Crippen LogP contribution in [-0.4, -0.2) is 53.3 Å². The van der Waals surface area contributed by atoms with Gasteiger partial charge in [-0.15, -0.1) is 0 Å². The van der Waals surface area contributed by atoms with Crippen LogP contribution in [0.2, 0.25) is 0 Å². The highest BCUT2D eigenvalue weighted by Gasteiger charge is 2.45. The summed E-state index contributed by atoms with van der Waals surface area (Å²) in [5, 5.41) is 14.4. The predicted octanol–water partition coefficient (Wildman–Crippen LogP) is 5.46. The summed E-state index contributed by atoms with van der Waals surface area (Å²) in [7, 11) is -6.12. The molecule has 0 saturated heterocycles. The van der Waals surface area contributed by atoms with E-state index in [1.54, 1.807) is 90.0 Å². The zero-order valence-corrected chi connectivity index (χ0v) is 22.3. The van der Waals surface area contributed by atoms with Gasteiger partial charge in [0.25, 0.3) is 0 Å². The fourth-order valence-electron chi connectivity index (χ4n) is 2.20. The third kappa shape index (κ3) is 10.9. The first-order chi connectivity index (χ1) is 11.8. The van der Waals surface area contributed by atoms with Crippen LogP contribution in [0.25, 0.3) is 0 Å². The van der Waals surface area contributed by atoms with Gasteiger partial charge in [-0.25, -0.2) is 0 Å². The number of rotatable bonds is 2. The fourth-order valence-corrected chi connectivity index (χ4v) is 6.22. The number of aliphatic hydroxyl groups is 2. The first-order valence-electron chi connectivity index (χ1n) is 9.72. The van der Waals surface area contributed by atoms with E-state index < -0.39 is 35.4 Å². The van der Waals surface area contributed by atoms with Gasteiger partial charge in [0.15, 0.2) is 0 Å². The second-order valence-corrected chi connectivity index (χ2v) is 18.9. The molecule has 174 valence electrons. The molecule has 0 aliphatic heterocycles. The lowest BCUT2D eigenvalue weighted by Crippen LogP contribution is -2.28. The Bertz CT molecular complexity index is 449. The van der Waals surface area contributed by atoms with Gasteiger partial charge in [0.05, 0.1) is 6.10 Å². The summed E-state index contributed by atoms with van der Waals surface area (Å²) in [6, 6.07) is 0. The third-order valence-corrected chi connectivity index (χ3v) is 11.5. The van der Waals surface area contributed by atoms with Crippen molar-refractivity contribution in [1.29, 1.82) is 0 Å². The maximum atomic E-state index is 11.8. The van der Waals surface area contributed by atoms with Crippen molar-refractivity contribution in [1.82, 2.24) is 0 Å². The molecule has 0 aliphatic rings. The molecule has 0 aromatic rings. The Morgan fingerprint density at radius 1 is 0.643 bits per heavy atom. The lowest BCUT2D eigenvalue weighted by molar-refractivity contribution is 0.148. The van der Waals surface area contributed by atoms with Gasteiger partial charge in [0, 0.05) is 27.2 Å². The van der Waals surface area contributed by atoms with Crippen molar-refractivity contribution in [2.24, 2.45) is 0 Å². The highest BCUT2D eigenvalue weighted by atomic mass is 31.2. The van der Waals surface area contributed by atoms with E-state index in [4.69, 9.17) is 10.2 Å². The molecule has 0 rings (SSSR count). The number of hydrogen-bond acceptors (Lipinski definition) is 4. The van der Waals surface area contributed by atoms with E-state index >= 15 is 0 Å². The van der Waals surface area contributed by atoms with Gasteiger partial charge < -0.3 is 20.0 Å². The Morgan fingerprint density at radius 3 is 0.821 bits per heavy atom. The quantitative estimate of drug-likeness (QED) is 0.419. The van der Waals surface area contributed by atoms with Crippen molar-refractivity contribution >= 4 is 14.7 Å². The zero-order chi connectivity index (χ0) is 24.0. The molecule has 0 saturated carbocycles. The average molecular weight is 447 g/mol. The summed E-state index contributed by atoms with van der Waals surface area (Å²) in [5.74, 6) is 0. The zero-order valence-electron chi connectivity index (χ0n) is 20.5. The highest BCUT2D eigenvalue weighted by Crippen LogP contribution is 2.64. The monoisotopic (exact) mass is 446 g/mol. The molecular formula is C20H48O6P2. The summed E-state index contributed by atoms with van der Waals surface area (Å²) >= 11 is 0. The van der Waals surface area contributed by atoms with Crippen molar-refractivity contribution in [2.75, 3.05) is 6.61 Å². The summed E-state index contributed by atoms with van der Waals surface area (Å²) in [5.41, 5.74) is 0. The maximum Gasteiger partial charge on any atom is 0.210 e. The van der Waals surface area contributed by atoms with Crippen LogP contribution in [0.15, 0.2) is 0 Å². The minimum Gasteiger partial charge on any atom is -0.396 e. The van der Waals surface area contributed by atoms with E-state index in [1.165, 1.54) is 0 Å². The van der Waals surface area contributed by atoms with Gasteiger partial charge in [-0.2, -0.15) is 0 Å². The summed E-state index contributed by atoms with van der Waals surface area (Å²) in [6.07, 6.45) is 0.134. The van der Waals surface area contributed by atoms with Crippen LogP contribution in [0.1, 0.15) is 96.4 Å². The van der Waals surface area contributed by atoms with E-state index in [-0.39, 0.29) is 12.7 Å². The maximum absolute atomic E-state index is 11.8. The van der Waals surface area contributed by atoms with E-state index in [0.29, 0.717) is 6.42 Å². The predicted molar refractivity (Wildman–Crippen MR) is 122 cm³/mol. The molecule has 6 nitrogen and oxygen atoms in total. The van der Waals surface area contributed by atoms with Gasteiger partial charge in [-0.05, 0) is 13.3 Å². The number of hydrogen-bond donors (Lipinski definition) is 4. The van der Waals surface area contributed by atoms with Crippen molar-refractivity contribution < 1.29 is 29.1 Å². The summed E-state index contributed by atoms with van der Waals surface area (Å²) in [6.45, 7) is 23.4. The lowest BCUT2D eigenvalue weighted by Gasteiger charge is -2.35. The van der Waals surface area contributed by atoms with Crippen LogP contribution in [0, 0.1) is 0 Å². The largest absolute Gasteiger partial charge is 0.396 e. The molecule has 0 spiro atoms. The molecule has 0 fully saturated rings. The smallest absolute Gasteiger partial charge is 0.210 e. The second kappa shape index (κ2) is 11.1. The van der Waals surface area contributed by atoms with Crippen LogP contribution in [0.4, 0.5) is 0 Å². The number of aliphatic hydroxyl groups excluding tert-OH is 2. The molecule has 8 heteroatoms. The topological polar surface area (TPSA) is 115 Å². The first kappa shape index (κ1) is 33.0. The van der Waals surface area contributed by atoms with Crippen molar-refractivity contribution in [3.63, 3.8) is 0 Å².